The molecule has 4 heteroatoms. The van der Waals surface area contributed by atoms with Crippen LogP contribution >= 0.6 is 11.3 Å². The SMILES string of the molecule is O[C@H](CN1CCC[C@H](c2nc3ccccc3s2)C1)c1ccccc1. The zero-order chi connectivity index (χ0) is 16.4. The molecule has 124 valence electrons. The van der Waals surface area contributed by atoms with Crippen molar-refractivity contribution in [2.75, 3.05) is 19.6 Å². The lowest BCUT2D eigenvalue weighted by Crippen LogP contribution is -2.37. The number of aliphatic hydroxyl groups is 1. The number of hydrogen-bond acceptors (Lipinski definition) is 4. The van der Waals surface area contributed by atoms with Gasteiger partial charge in [0.1, 0.15) is 0 Å². The second-order valence-corrected chi connectivity index (χ2v) is 7.61. The summed E-state index contributed by atoms with van der Waals surface area (Å²) in [5, 5.41) is 11.7. The average Bonchev–Trinajstić information content (AvgIpc) is 3.07. The van der Waals surface area contributed by atoms with E-state index in [9.17, 15) is 5.11 Å². The molecular formula is C20H22N2OS. The van der Waals surface area contributed by atoms with Gasteiger partial charge in [0.15, 0.2) is 0 Å². The van der Waals surface area contributed by atoms with Crippen LogP contribution in [-0.2, 0) is 0 Å². The monoisotopic (exact) mass is 338 g/mol. The first kappa shape index (κ1) is 15.8. The number of thiazole rings is 1. The maximum atomic E-state index is 10.5. The Kier molecular flexibility index (Phi) is 4.60. The Hall–Kier alpha value is -1.75. The van der Waals surface area contributed by atoms with Gasteiger partial charge in [-0.1, -0.05) is 42.5 Å². The highest BCUT2D eigenvalue weighted by Crippen LogP contribution is 2.33. The molecule has 0 radical (unpaired) electrons. The van der Waals surface area contributed by atoms with Crippen molar-refractivity contribution in [3.05, 3.63) is 65.2 Å². The summed E-state index contributed by atoms with van der Waals surface area (Å²) in [4.78, 5) is 7.22. The summed E-state index contributed by atoms with van der Waals surface area (Å²) in [5.74, 6) is 0.485. The first-order chi connectivity index (χ1) is 11.8. The van der Waals surface area contributed by atoms with Crippen molar-refractivity contribution in [2.45, 2.75) is 24.9 Å². The minimum Gasteiger partial charge on any atom is -0.387 e. The van der Waals surface area contributed by atoms with Crippen molar-refractivity contribution in [2.24, 2.45) is 0 Å². The van der Waals surface area contributed by atoms with Gasteiger partial charge in [-0.15, -0.1) is 11.3 Å². The molecule has 1 aliphatic heterocycles. The van der Waals surface area contributed by atoms with Gasteiger partial charge in [0, 0.05) is 19.0 Å². The van der Waals surface area contributed by atoms with Crippen LogP contribution in [0.2, 0.25) is 0 Å². The fourth-order valence-corrected chi connectivity index (χ4v) is 4.61. The number of para-hydroxylation sites is 1. The van der Waals surface area contributed by atoms with Gasteiger partial charge < -0.3 is 5.11 Å². The number of rotatable bonds is 4. The van der Waals surface area contributed by atoms with Crippen LogP contribution in [-0.4, -0.2) is 34.6 Å². The summed E-state index contributed by atoms with van der Waals surface area (Å²) < 4.78 is 1.27. The third-order valence-corrected chi connectivity index (χ3v) is 5.98. The molecule has 0 saturated carbocycles. The van der Waals surface area contributed by atoms with E-state index in [1.54, 1.807) is 0 Å². The molecule has 3 aromatic rings. The van der Waals surface area contributed by atoms with E-state index in [-0.39, 0.29) is 0 Å². The van der Waals surface area contributed by atoms with E-state index in [0.29, 0.717) is 12.5 Å². The lowest BCUT2D eigenvalue weighted by atomic mass is 9.98. The molecule has 2 atom stereocenters. The Morgan fingerprint density at radius 1 is 1.12 bits per heavy atom. The van der Waals surface area contributed by atoms with E-state index in [0.717, 1.165) is 24.2 Å². The average molecular weight is 338 g/mol. The zero-order valence-corrected chi connectivity index (χ0v) is 14.5. The van der Waals surface area contributed by atoms with Gasteiger partial charge in [-0.05, 0) is 37.1 Å². The van der Waals surface area contributed by atoms with Crippen LogP contribution in [0.4, 0.5) is 0 Å². The quantitative estimate of drug-likeness (QED) is 0.774. The maximum absolute atomic E-state index is 10.5. The van der Waals surface area contributed by atoms with Gasteiger partial charge in [-0.2, -0.15) is 0 Å². The highest BCUT2D eigenvalue weighted by atomic mass is 32.1. The number of hydrogen-bond donors (Lipinski definition) is 1. The molecular weight excluding hydrogens is 316 g/mol. The number of nitrogens with zero attached hydrogens (tertiary/aromatic N) is 2. The normalized spacial score (nSPS) is 20.3. The van der Waals surface area contributed by atoms with Crippen LogP contribution in [0.5, 0.6) is 0 Å². The van der Waals surface area contributed by atoms with E-state index in [1.165, 1.54) is 22.5 Å². The van der Waals surface area contributed by atoms with E-state index in [4.69, 9.17) is 4.98 Å². The van der Waals surface area contributed by atoms with E-state index < -0.39 is 6.10 Å². The number of likely N-dealkylation sites (tertiary alicyclic amines) is 1. The fourth-order valence-electron chi connectivity index (χ4n) is 3.51. The van der Waals surface area contributed by atoms with Crippen molar-refractivity contribution in [1.29, 1.82) is 0 Å². The Labute approximate surface area is 146 Å². The Morgan fingerprint density at radius 3 is 2.75 bits per heavy atom. The molecule has 2 aromatic carbocycles. The fraction of sp³-hybridized carbons (Fsp3) is 0.350. The lowest BCUT2D eigenvalue weighted by molar-refractivity contribution is 0.0955. The highest BCUT2D eigenvalue weighted by molar-refractivity contribution is 7.18. The summed E-state index contributed by atoms with van der Waals surface area (Å²) in [5.41, 5.74) is 2.11. The minimum absolute atomic E-state index is 0.416. The number of β-amino-alcohol motifs (C(OH)–C–C–N with tert-alkyl or cyclic N) is 1. The molecule has 0 spiro atoms. The Morgan fingerprint density at radius 2 is 1.92 bits per heavy atom. The minimum atomic E-state index is -0.416. The predicted octanol–water partition coefficient (Wildman–Crippen LogP) is 4.21. The summed E-state index contributed by atoms with van der Waals surface area (Å²) >= 11 is 1.82. The van der Waals surface area contributed by atoms with E-state index in [2.05, 4.69) is 29.2 Å². The van der Waals surface area contributed by atoms with Gasteiger partial charge in [0.2, 0.25) is 0 Å². The molecule has 1 saturated heterocycles. The van der Waals surface area contributed by atoms with Crippen LogP contribution in [0.1, 0.15) is 35.4 Å². The summed E-state index contributed by atoms with van der Waals surface area (Å²) in [7, 11) is 0. The molecule has 0 amide bonds. The van der Waals surface area contributed by atoms with E-state index in [1.807, 2.05) is 41.7 Å². The second kappa shape index (κ2) is 7.01. The molecule has 24 heavy (non-hydrogen) atoms. The largest absolute Gasteiger partial charge is 0.387 e. The topological polar surface area (TPSA) is 36.4 Å². The molecule has 3 nitrogen and oxygen atoms in total. The molecule has 1 aliphatic rings. The number of aromatic nitrogens is 1. The highest BCUT2D eigenvalue weighted by Gasteiger charge is 2.25. The zero-order valence-electron chi connectivity index (χ0n) is 13.6. The summed E-state index contributed by atoms with van der Waals surface area (Å²) in [6.07, 6.45) is 1.94. The number of benzene rings is 2. The van der Waals surface area contributed by atoms with Crippen LogP contribution in [0, 0.1) is 0 Å². The molecule has 4 rings (SSSR count). The van der Waals surface area contributed by atoms with Crippen LogP contribution < -0.4 is 0 Å². The van der Waals surface area contributed by atoms with Crippen LogP contribution in [0.15, 0.2) is 54.6 Å². The third-order valence-electron chi connectivity index (χ3n) is 4.78. The Balaban J connectivity index is 1.45. The number of fused-ring (bicyclic) bond motifs is 1. The molecule has 0 aliphatic carbocycles. The maximum Gasteiger partial charge on any atom is 0.0982 e. The molecule has 1 fully saturated rings. The smallest absolute Gasteiger partial charge is 0.0982 e. The van der Waals surface area contributed by atoms with Gasteiger partial charge in [0.25, 0.3) is 0 Å². The standard InChI is InChI=1S/C20H22N2OS/c23-18(15-7-2-1-3-8-15)14-22-12-6-9-16(13-22)20-21-17-10-4-5-11-19(17)24-20/h1-5,7-8,10-11,16,18,23H,6,9,12-14H2/t16-,18+/m0/s1. The van der Waals surface area contributed by atoms with Gasteiger partial charge in [-0.25, -0.2) is 4.98 Å². The lowest BCUT2D eigenvalue weighted by Gasteiger charge is -2.33. The molecule has 0 bridgehead atoms. The predicted molar refractivity (Wildman–Crippen MR) is 99.4 cm³/mol. The first-order valence-corrected chi connectivity index (χ1v) is 9.42. The van der Waals surface area contributed by atoms with Crippen LogP contribution in [0.3, 0.4) is 0 Å². The van der Waals surface area contributed by atoms with Crippen molar-refractivity contribution in [3.8, 4) is 0 Å². The molecule has 2 heterocycles. The second-order valence-electron chi connectivity index (χ2n) is 6.55. The van der Waals surface area contributed by atoms with Gasteiger partial charge in [0.05, 0.1) is 21.3 Å². The first-order valence-electron chi connectivity index (χ1n) is 8.60. The number of aliphatic hydroxyl groups excluding tert-OH is 1. The summed E-state index contributed by atoms with van der Waals surface area (Å²) in [6, 6.07) is 18.3. The van der Waals surface area contributed by atoms with Crippen LogP contribution in [0.25, 0.3) is 10.2 Å². The Bertz CT molecular complexity index is 769. The molecule has 1 N–H and O–H groups in total. The van der Waals surface area contributed by atoms with E-state index >= 15 is 0 Å². The molecule has 0 unspecified atom stereocenters. The third kappa shape index (κ3) is 3.36. The number of piperidine rings is 1. The van der Waals surface area contributed by atoms with Crippen molar-refractivity contribution >= 4 is 21.6 Å². The van der Waals surface area contributed by atoms with Crippen molar-refractivity contribution in [1.82, 2.24) is 9.88 Å². The van der Waals surface area contributed by atoms with Gasteiger partial charge >= 0.3 is 0 Å². The molecule has 1 aromatic heterocycles. The van der Waals surface area contributed by atoms with Crippen molar-refractivity contribution in [3.63, 3.8) is 0 Å². The van der Waals surface area contributed by atoms with Crippen molar-refractivity contribution < 1.29 is 5.11 Å². The van der Waals surface area contributed by atoms with Gasteiger partial charge in [-0.3, -0.25) is 4.90 Å². The summed E-state index contributed by atoms with van der Waals surface area (Å²) in [6.45, 7) is 2.75.